The van der Waals surface area contributed by atoms with E-state index in [-0.39, 0.29) is 11.9 Å². The van der Waals surface area contributed by atoms with Crippen LogP contribution >= 0.6 is 0 Å². The van der Waals surface area contributed by atoms with Crippen molar-refractivity contribution >= 4 is 11.6 Å². The van der Waals surface area contributed by atoms with Gasteiger partial charge in [0, 0.05) is 5.69 Å². The number of nitrogens with zero attached hydrogens (tertiary/aromatic N) is 1. The van der Waals surface area contributed by atoms with E-state index in [0.29, 0.717) is 0 Å². The van der Waals surface area contributed by atoms with Crippen molar-refractivity contribution in [3.63, 3.8) is 0 Å². The summed E-state index contributed by atoms with van der Waals surface area (Å²) in [6.45, 7) is 8.17. The molecule has 0 aromatic heterocycles. The van der Waals surface area contributed by atoms with Crippen LogP contribution in [0.3, 0.4) is 0 Å². The summed E-state index contributed by atoms with van der Waals surface area (Å²) < 4.78 is 0. The van der Waals surface area contributed by atoms with Gasteiger partial charge in [-0.05, 0) is 57.8 Å². The van der Waals surface area contributed by atoms with Crippen molar-refractivity contribution in [2.75, 3.05) is 18.4 Å². The molecular formula is C16H24N2O. The fourth-order valence-electron chi connectivity index (χ4n) is 2.71. The molecule has 0 unspecified atom stereocenters. The summed E-state index contributed by atoms with van der Waals surface area (Å²) in [6, 6.07) is 6.05. The summed E-state index contributed by atoms with van der Waals surface area (Å²) in [6.07, 6.45) is 3.71. The number of piperidine rings is 1. The number of nitrogens with one attached hydrogen (secondary N) is 1. The molecule has 1 N–H and O–H groups in total. The maximum absolute atomic E-state index is 12.4. The number of carbonyl (C=O) groups is 1. The maximum Gasteiger partial charge on any atom is 0.241 e. The summed E-state index contributed by atoms with van der Waals surface area (Å²) in [5, 5.41) is 3.09. The summed E-state index contributed by atoms with van der Waals surface area (Å²) in [5.74, 6) is 0.110. The highest BCUT2D eigenvalue weighted by Crippen LogP contribution is 2.20. The number of anilines is 1. The first-order chi connectivity index (χ1) is 9.09. The number of carbonyl (C=O) groups excluding carboxylic acids is 1. The second-order valence-corrected chi connectivity index (χ2v) is 5.53. The van der Waals surface area contributed by atoms with Gasteiger partial charge in [-0.1, -0.05) is 24.6 Å². The van der Waals surface area contributed by atoms with E-state index in [2.05, 4.69) is 10.2 Å². The van der Waals surface area contributed by atoms with Crippen LogP contribution in [0.25, 0.3) is 0 Å². The molecule has 1 heterocycles. The van der Waals surface area contributed by atoms with E-state index in [9.17, 15) is 4.79 Å². The van der Waals surface area contributed by atoms with Crippen LogP contribution in [-0.4, -0.2) is 29.9 Å². The molecule has 1 atom stereocenters. The first kappa shape index (κ1) is 14.1. The van der Waals surface area contributed by atoms with E-state index in [1.165, 1.54) is 19.3 Å². The molecule has 3 nitrogen and oxygen atoms in total. The smallest absolute Gasteiger partial charge is 0.241 e. The summed E-state index contributed by atoms with van der Waals surface area (Å²) in [7, 11) is 0. The molecule has 19 heavy (non-hydrogen) atoms. The van der Waals surface area contributed by atoms with Crippen LogP contribution in [0.4, 0.5) is 5.69 Å². The third-order valence-corrected chi connectivity index (χ3v) is 4.05. The first-order valence-corrected chi connectivity index (χ1v) is 7.20. The lowest BCUT2D eigenvalue weighted by Crippen LogP contribution is -2.44. The van der Waals surface area contributed by atoms with Crippen molar-refractivity contribution < 1.29 is 4.79 Å². The molecule has 3 heteroatoms. The molecule has 0 bridgehead atoms. The molecule has 0 radical (unpaired) electrons. The summed E-state index contributed by atoms with van der Waals surface area (Å²) in [4.78, 5) is 14.6. The largest absolute Gasteiger partial charge is 0.324 e. The Labute approximate surface area is 116 Å². The lowest BCUT2D eigenvalue weighted by atomic mass is 10.1. The van der Waals surface area contributed by atoms with Crippen molar-refractivity contribution in [2.45, 2.75) is 46.1 Å². The SMILES string of the molecule is Cc1cccc(C)c1NC(=O)[C@@H](C)N1CCCCC1. The zero-order valence-corrected chi connectivity index (χ0v) is 12.2. The molecule has 1 saturated heterocycles. The average molecular weight is 260 g/mol. The standard InChI is InChI=1S/C16H24N2O/c1-12-8-7-9-13(2)15(12)17-16(19)14(3)18-10-5-4-6-11-18/h7-9,14H,4-6,10-11H2,1-3H3,(H,17,19)/t14-/m1/s1. The van der Waals surface area contributed by atoms with Gasteiger partial charge < -0.3 is 5.32 Å². The predicted octanol–water partition coefficient (Wildman–Crippen LogP) is 3.12. The fourth-order valence-corrected chi connectivity index (χ4v) is 2.71. The number of hydrogen-bond donors (Lipinski definition) is 1. The minimum absolute atomic E-state index is 0.0423. The van der Waals surface area contributed by atoms with Crippen LogP contribution in [0.2, 0.25) is 0 Å². The van der Waals surface area contributed by atoms with Gasteiger partial charge in [-0.2, -0.15) is 0 Å². The molecule has 2 rings (SSSR count). The van der Waals surface area contributed by atoms with Crippen molar-refractivity contribution in [2.24, 2.45) is 0 Å². The Morgan fingerprint density at radius 2 is 1.74 bits per heavy atom. The topological polar surface area (TPSA) is 32.3 Å². The third-order valence-electron chi connectivity index (χ3n) is 4.05. The van der Waals surface area contributed by atoms with Crippen LogP contribution < -0.4 is 5.32 Å². The summed E-state index contributed by atoms with van der Waals surface area (Å²) in [5.41, 5.74) is 3.22. The Hall–Kier alpha value is -1.35. The van der Waals surface area contributed by atoms with E-state index in [1.807, 2.05) is 39.0 Å². The van der Waals surface area contributed by atoms with E-state index in [4.69, 9.17) is 0 Å². The van der Waals surface area contributed by atoms with Gasteiger partial charge in [0.25, 0.3) is 0 Å². The summed E-state index contributed by atoms with van der Waals surface area (Å²) >= 11 is 0. The second-order valence-electron chi connectivity index (χ2n) is 5.53. The van der Waals surface area contributed by atoms with Crippen LogP contribution in [-0.2, 0) is 4.79 Å². The van der Waals surface area contributed by atoms with Gasteiger partial charge in [0.2, 0.25) is 5.91 Å². The maximum atomic E-state index is 12.4. The second kappa shape index (κ2) is 6.20. The first-order valence-electron chi connectivity index (χ1n) is 7.20. The number of aryl methyl sites for hydroxylation is 2. The molecule has 1 amide bonds. The van der Waals surface area contributed by atoms with Crippen LogP contribution in [0, 0.1) is 13.8 Å². The minimum atomic E-state index is -0.0423. The lowest BCUT2D eigenvalue weighted by Gasteiger charge is -2.31. The quantitative estimate of drug-likeness (QED) is 0.905. The number of amides is 1. The van der Waals surface area contributed by atoms with E-state index >= 15 is 0 Å². The van der Waals surface area contributed by atoms with E-state index < -0.39 is 0 Å². The highest BCUT2D eigenvalue weighted by atomic mass is 16.2. The molecule has 104 valence electrons. The van der Waals surface area contributed by atoms with Crippen LogP contribution in [0.15, 0.2) is 18.2 Å². The minimum Gasteiger partial charge on any atom is -0.324 e. The Kier molecular flexibility index (Phi) is 4.59. The van der Waals surface area contributed by atoms with Gasteiger partial charge in [0.15, 0.2) is 0 Å². The predicted molar refractivity (Wildman–Crippen MR) is 79.4 cm³/mol. The zero-order valence-electron chi connectivity index (χ0n) is 12.2. The van der Waals surface area contributed by atoms with Gasteiger partial charge >= 0.3 is 0 Å². The van der Waals surface area contributed by atoms with Crippen LogP contribution in [0.1, 0.15) is 37.3 Å². The van der Waals surface area contributed by atoms with Crippen molar-refractivity contribution in [3.05, 3.63) is 29.3 Å². The van der Waals surface area contributed by atoms with E-state index in [0.717, 1.165) is 29.9 Å². The number of para-hydroxylation sites is 1. The molecule has 1 aliphatic heterocycles. The van der Waals surface area contributed by atoms with E-state index in [1.54, 1.807) is 0 Å². The molecule has 1 aliphatic rings. The van der Waals surface area contributed by atoms with Crippen molar-refractivity contribution in [1.82, 2.24) is 4.90 Å². The van der Waals surface area contributed by atoms with Gasteiger partial charge in [0.05, 0.1) is 6.04 Å². The highest BCUT2D eigenvalue weighted by Gasteiger charge is 2.23. The Morgan fingerprint density at radius 1 is 1.16 bits per heavy atom. The van der Waals surface area contributed by atoms with Crippen molar-refractivity contribution in [3.8, 4) is 0 Å². The van der Waals surface area contributed by atoms with Gasteiger partial charge in [-0.25, -0.2) is 0 Å². The monoisotopic (exact) mass is 260 g/mol. The number of hydrogen-bond acceptors (Lipinski definition) is 2. The zero-order chi connectivity index (χ0) is 13.8. The average Bonchev–Trinajstić information content (AvgIpc) is 2.43. The Bertz CT molecular complexity index is 430. The molecule has 0 saturated carbocycles. The van der Waals surface area contributed by atoms with Crippen molar-refractivity contribution in [1.29, 1.82) is 0 Å². The van der Waals surface area contributed by atoms with Gasteiger partial charge in [-0.15, -0.1) is 0 Å². The number of likely N-dealkylation sites (tertiary alicyclic amines) is 1. The molecule has 1 aromatic carbocycles. The normalized spacial score (nSPS) is 18.1. The Balaban J connectivity index is 2.04. The molecule has 0 aliphatic carbocycles. The van der Waals surface area contributed by atoms with Gasteiger partial charge in [-0.3, -0.25) is 9.69 Å². The lowest BCUT2D eigenvalue weighted by molar-refractivity contribution is -0.121. The highest BCUT2D eigenvalue weighted by molar-refractivity contribution is 5.95. The third kappa shape index (κ3) is 3.35. The Morgan fingerprint density at radius 3 is 2.32 bits per heavy atom. The van der Waals surface area contributed by atoms with Gasteiger partial charge in [0.1, 0.15) is 0 Å². The fraction of sp³-hybridized carbons (Fsp3) is 0.562. The molecular weight excluding hydrogens is 236 g/mol. The van der Waals surface area contributed by atoms with Crippen LogP contribution in [0.5, 0.6) is 0 Å². The molecule has 1 fully saturated rings. The molecule has 0 spiro atoms. The number of rotatable bonds is 3. The number of benzene rings is 1. The molecule has 1 aromatic rings.